The lowest BCUT2D eigenvalue weighted by Crippen LogP contribution is -2.38. The molecule has 0 aliphatic rings. The van der Waals surface area contributed by atoms with Gasteiger partial charge < -0.3 is 10.8 Å². The molecular formula is C12H16F2N2OS. The number of nitrogens with two attached hydrogens (primary N) is 1. The second-order valence-corrected chi connectivity index (χ2v) is 4.30. The van der Waals surface area contributed by atoms with Crippen molar-refractivity contribution in [3.63, 3.8) is 0 Å². The molecule has 0 spiro atoms. The standard InChI is InChI=1S/C12H16F2N2OS/c1-2-16(5-6-17)11(12(15)18)8-3-4-9(13)10(14)7-8/h3-4,7,11,17H,2,5-6H2,1H3,(H2,15,18). The number of benzene rings is 1. The minimum Gasteiger partial charge on any atom is -0.395 e. The molecule has 18 heavy (non-hydrogen) atoms. The largest absolute Gasteiger partial charge is 0.395 e. The summed E-state index contributed by atoms with van der Waals surface area (Å²) in [5.41, 5.74) is 6.14. The topological polar surface area (TPSA) is 49.5 Å². The van der Waals surface area contributed by atoms with Gasteiger partial charge in [-0.25, -0.2) is 8.78 Å². The highest BCUT2D eigenvalue weighted by Gasteiger charge is 2.22. The van der Waals surface area contributed by atoms with Gasteiger partial charge in [-0.05, 0) is 24.2 Å². The zero-order chi connectivity index (χ0) is 13.7. The van der Waals surface area contributed by atoms with E-state index in [1.807, 2.05) is 6.92 Å². The molecule has 1 unspecified atom stereocenters. The fourth-order valence-corrected chi connectivity index (χ4v) is 2.12. The summed E-state index contributed by atoms with van der Waals surface area (Å²) in [5.74, 6) is -1.85. The van der Waals surface area contributed by atoms with E-state index < -0.39 is 17.7 Å². The van der Waals surface area contributed by atoms with Crippen molar-refractivity contribution >= 4 is 17.2 Å². The summed E-state index contributed by atoms with van der Waals surface area (Å²) >= 11 is 4.97. The van der Waals surface area contributed by atoms with Crippen molar-refractivity contribution in [1.29, 1.82) is 0 Å². The van der Waals surface area contributed by atoms with E-state index in [9.17, 15) is 8.78 Å². The van der Waals surface area contributed by atoms with Gasteiger partial charge in [0.15, 0.2) is 11.6 Å². The van der Waals surface area contributed by atoms with E-state index in [1.54, 1.807) is 4.90 Å². The van der Waals surface area contributed by atoms with Gasteiger partial charge >= 0.3 is 0 Å². The van der Waals surface area contributed by atoms with Crippen LogP contribution >= 0.6 is 12.2 Å². The molecule has 100 valence electrons. The summed E-state index contributed by atoms with van der Waals surface area (Å²) in [6.45, 7) is 2.76. The van der Waals surface area contributed by atoms with E-state index in [4.69, 9.17) is 23.1 Å². The Hall–Kier alpha value is -1.11. The highest BCUT2D eigenvalue weighted by Crippen LogP contribution is 2.22. The summed E-state index contributed by atoms with van der Waals surface area (Å²) in [4.78, 5) is 1.96. The Balaban J connectivity index is 3.10. The maximum absolute atomic E-state index is 13.2. The maximum atomic E-state index is 13.2. The molecule has 0 amide bonds. The summed E-state index contributed by atoms with van der Waals surface area (Å²) in [6.07, 6.45) is 0. The zero-order valence-electron chi connectivity index (χ0n) is 10.1. The van der Waals surface area contributed by atoms with Crippen molar-refractivity contribution in [1.82, 2.24) is 4.90 Å². The van der Waals surface area contributed by atoms with Gasteiger partial charge in [-0.1, -0.05) is 25.2 Å². The average Bonchev–Trinajstić information content (AvgIpc) is 2.32. The molecule has 0 aliphatic carbocycles. The highest BCUT2D eigenvalue weighted by molar-refractivity contribution is 7.80. The van der Waals surface area contributed by atoms with Crippen molar-refractivity contribution in [3.05, 3.63) is 35.4 Å². The Morgan fingerprint density at radius 1 is 1.44 bits per heavy atom. The Kier molecular flexibility index (Phi) is 5.58. The fourth-order valence-electron chi connectivity index (χ4n) is 1.84. The SMILES string of the molecule is CCN(CCO)C(C(N)=S)c1ccc(F)c(F)c1. The summed E-state index contributed by atoms with van der Waals surface area (Å²) < 4.78 is 26.1. The van der Waals surface area contributed by atoms with Crippen LogP contribution in [0.3, 0.4) is 0 Å². The molecule has 0 radical (unpaired) electrons. The number of likely N-dealkylation sites (N-methyl/N-ethyl adjacent to an activating group) is 1. The molecule has 1 aromatic rings. The Bertz CT molecular complexity index is 429. The van der Waals surface area contributed by atoms with Crippen LogP contribution in [0.2, 0.25) is 0 Å². The first-order chi connectivity index (χ1) is 8.51. The minimum absolute atomic E-state index is 0.0589. The van der Waals surface area contributed by atoms with Gasteiger partial charge in [-0.2, -0.15) is 0 Å². The Morgan fingerprint density at radius 2 is 2.11 bits per heavy atom. The molecule has 1 aromatic carbocycles. The van der Waals surface area contributed by atoms with Crippen LogP contribution < -0.4 is 5.73 Å². The summed E-state index contributed by atoms with van der Waals surface area (Å²) in [5, 5.41) is 8.98. The van der Waals surface area contributed by atoms with E-state index in [2.05, 4.69) is 0 Å². The van der Waals surface area contributed by atoms with Crippen LogP contribution in [0.5, 0.6) is 0 Å². The lowest BCUT2D eigenvalue weighted by molar-refractivity contribution is 0.185. The number of halogens is 2. The lowest BCUT2D eigenvalue weighted by Gasteiger charge is -2.29. The molecule has 6 heteroatoms. The average molecular weight is 274 g/mol. The number of aliphatic hydroxyl groups excluding tert-OH is 1. The predicted octanol–water partition coefficient (Wildman–Crippen LogP) is 1.61. The molecule has 0 bridgehead atoms. The molecule has 0 saturated carbocycles. The van der Waals surface area contributed by atoms with Crippen molar-refractivity contribution in [2.45, 2.75) is 13.0 Å². The Morgan fingerprint density at radius 3 is 2.56 bits per heavy atom. The van der Waals surface area contributed by atoms with Crippen LogP contribution in [0.15, 0.2) is 18.2 Å². The van der Waals surface area contributed by atoms with Crippen molar-refractivity contribution in [2.75, 3.05) is 19.7 Å². The van der Waals surface area contributed by atoms with Gasteiger partial charge in [0.05, 0.1) is 17.6 Å². The number of aliphatic hydroxyl groups is 1. The quantitative estimate of drug-likeness (QED) is 0.774. The smallest absolute Gasteiger partial charge is 0.159 e. The molecular weight excluding hydrogens is 258 g/mol. The van der Waals surface area contributed by atoms with Gasteiger partial charge in [0, 0.05) is 6.54 Å². The number of nitrogens with zero attached hydrogens (tertiary/aromatic N) is 1. The molecule has 0 heterocycles. The maximum Gasteiger partial charge on any atom is 0.159 e. The van der Waals surface area contributed by atoms with E-state index in [0.29, 0.717) is 18.7 Å². The lowest BCUT2D eigenvalue weighted by atomic mass is 10.0. The van der Waals surface area contributed by atoms with Crippen molar-refractivity contribution in [2.24, 2.45) is 5.73 Å². The van der Waals surface area contributed by atoms with Gasteiger partial charge in [0.1, 0.15) is 0 Å². The number of hydrogen-bond acceptors (Lipinski definition) is 3. The number of hydrogen-bond donors (Lipinski definition) is 2. The van der Waals surface area contributed by atoms with E-state index >= 15 is 0 Å². The normalized spacial score (nSPS) is 12.7. The molecule has 0 aromatic heterocycles. The molecule has 0 aliphatic heterocycles. The van der Waals surface area contributed by atoms with Crippen LogP contribution in [0.1, 0.15) is 18.5 Å². The predicted molar refractivity (Wildman–Crippen MR) is 70.2 cm³/mol. The summed E-state index contributed by atoms with van der Waals surface area (Å²) in [7, 11) is 0. The zero-order valence-corrected chi connectivity index (χ0v) is 10.9. The first kappa shape index (κ1) is 14.9. The van der Waals surface area contributed by atoms with Crippen LogP contribution in [0.4, 0.5) is 8.78 Å². The van der Waals surface area contributed by atoms with Gasteiger partial charge in [0.25, 0.3) is 0 Å². The van der Waals surface area contributed by atoms with Crippen molar-refractivity contribution in [3.8, 4) is 0 Å². The first-order valence-corrected chi connectivity index (χ1v) is 6.01. The van der Waals surface area contributed by atoms with E-state index in [-0.39, 0.29) is 11.6 Å². The van der Waals surface area contributed by atoms with Gasteiger partial charge in [-0.3, -0.25) is 4.90 Å². The van der Waals surface area contributed by atoms with Crippen LogP contribution in [-0.4, -0.2) is 34.7 Å². The van der Waals surface area contributed by atoms with E-state index in [0.717, 1.165) is 12.1 Å². The van der Waals surface area contributed by atoms with Crippen molar-refractivity contribution < 1.29 is 13.9 Å². The monoisotopic (exact) mass is 274 g/mol. The third-order valence-corrected chi connectivity index (χ3v) is 2.91. The second kappa shape index (κ2) is 6.72. The molecule has 3 nitrogen and oxygen atoms in total. The molecule has 1 rings (SSSR count). The third-order valence-electron chi connectivity index (χ3n) is 2.69. The molecule has 3 N–H and O–H groups in total. The van der Waals surface area contributed by atoms with Crippen LogP contribution in [-0.2, 0) is 0 Å². The van der Waals surface area contributed by atoms with Gasteiger partial charge in [-0.15, -0.1) is 0 Å². The van der Waals surface area contributed by atoms with Gasteiger partial charge in [0.2, 0.25) is 0 Å². The minimum atomic E-state index is -0.936. The highest BCUT2D eigenvalue weighted by atomic mass is 32.1. The Labute approximate surface area is 110 Å². The summed E-state index contributed by atoms with van der Waals surface area (Å²) in [6, 6.07) is 3.07. The molecule has 0 fully saturated rings. The van der Waals surface area contributed by atoms with Crippen LogP contribution in [0, 0.1) is 11.6 Å². The van der Waals surface area contributed by atoms with E-state index in [1.165, 1.54) is 6.07 Å². The second-order valence-electron chi connectivity index (χ2n) is 3.83. The van der Waals surface area contributed by atoms with Crippen LogP contribution in [0.25, 0.3) is 0 Å². The molecule has 1 atom stereocenters. The number of thiocarbonyl (C=S) groups is 1. The number of rotatable bonds is 6. The third kappa shape index (κ3) is 3.44. The fraction of sp³-hybridized carbons (Fsp3) is 0.417. The first-order valence-electron chi connectivity index (χ1n) is 5.60. The molecule has 0 saturated heterocycles.